The first-order valence-electron chi connectivity index (χ1n) is 8.35. The highest BCUT2D eigenvalue weighted by molar-refractivity contribution is 7.09. The highest BCUT2D eigenvalue weighted by Crippen LogP contribution is 2.41. The third-order valence-electron chi connectivity index (χ3n) is 4.77. The fourth-order valence-electron chi connectivity index (χ4n) is 3.44. The Morgan fingerprint density at radius 2 is 2.13 bits per heavy atom. The van der Waals surface area contributed by atoms with Crippen molar-refractivity contribution in [2.75, 3.05) is 0 Å². The molecule has 0 bridgehead atoms. The molecule has 1 fully saturated rings. The van der Waals surface area contributed by atoms with Gasteiger partial charge in [-0.05, 0) is 49.1 Å². The number of hydrogen-bond donors (Lipinski definition) is 2. The van der Waals surface area contributed by atoms with E-state index in [-0.39, 0.29) is 18.1 Å². The zero-order valence-electron chi connectivity index (χ0n) is 13.0. The van der Waals surface area contributed by atoms with E-state index in [2.05, 4.69) is 39.9 Å². The van der Waals surface area contributed by atoms with Crippen molar-refractivity contribution < 1.29 is 4.79 Å². The highest BCUT2D eigenvalue weighted by Gasteiger charge is 2.35. The van der Waals surface area contributed by atoms with Crippen LogP contribution in [0, 0.1) is 5.92 Å². The van der Waals surface area contributed by atoms with Gasteiger partial charge in [0.05, 0.1) is 12.1 Å². The highest BCUT2D eigenvalue weighted by atomic mass is 32.1. The summed E-state index contributed by atoms with van der Waals surface area (Å²) in [7, 11) is 0. The van der Waals surface area contributed by atoms with E-state index in [1.54, 1.807) is 11.3 Å². The van der Waals surface area contributed by atoms with Gasteiger partial charge in [-0.2, -0.15) is 0 Å². The normalized spacial score (nSPS) is 21.3. The number of nitrogens with zero attached hydrogens (tertiary/aromatic N) is 1. The summed E-state index contributed by atoms with van der Waals surface area (Å²) in [5, 5.41) is 9.33. The van der Waals surface area contributed by atoms with Crippen LogP contribution in [0.2, 0.25) is 0 Å². The van der Waals surface area contributed by atoms with Crippen molar-refractivity contribution in [3.8, 4) is 0 Å². The summed E-state index contributed by atoms with van der Waals surface area (Å²) in [6.07, 6.45) is 7.41. The Morgan fingerprint density at radius 3 is 2.91 bits per heavy atom. The number of benzene rings is 1. The van der Waals surface area contributed by atoms with Gasteiger partial charge in [0.25, 0.3) is 0 Å². The van der Waals surface area contributed by atoms with Crippen LogP contribution in [0.15, 0.2) is 35.8 Å². The lowest BCUT2D eigenvalue weighted by Crippen LogP contribution is -2.41. The Labute approximate surface area is 140 Å². The number of rotatable bonds is 4. The largest absolute Gasteiger partial charge is 0.331 e. The van der Waals surface area contributed by atoms with Gasteiger partial charge < -0.3 is 10.6 Å². The van der Waals surface area contributed by atoms with Crippen LogP contribution in [-0.4, -0.2) is 11.0 Å². The summed E-state index contributed by atoms with van der Waals surface area (Å²) in [5.41, 5.74) is 2.63. The van der Waals surface area contributed by atoms with Crippen LogP contribution in [0.1, 0.15) is 53.9 Å². The van der Waals surface area contributed by atoms with Gasteiger partial charge in [0.1, 0.15) is 5.01 Å². The molecule has 1 aromatic heterocycles. The third kappa shape index (κ3) is 3.24. The molecule has 0 aliphatic heterocycles. The molecule has 23 heavy (non-hydrogen) atoms. The van der Waals surface area contributed by atoms with E-state index in [9.17, 15) is 4.79 Å². The monoisotopic (exact) mass is 327 g/mol. The maximum absolute atomic E-state index is 12.5. The molecule has 4 nitrogen and oxygen atoms in total. The molecule has 120 valence electrons. The molecule has 0 saturated heterocycles. The number of aromatic nitrogens is 1. The van der Waals surface area contributed by atoms with Crippen molar-refractivity contribution in [1.29, 1.82) is 0 Å². The molecular weight excluding hydrogens is 306 g/mol. The lowest BCUT2D eigenvalue weighted by Gasteiger charge is -2.27. The Bertz CT molecular complexity index is 681. The predicted molar refractivity (Wildman–Crippen MR) is 91.4 cm³/mol. The number of carbonyl (C=O) groups excluding carboxylic acids is 1. The lowest BCUT2D eigenvalue weighted by atomic mass is 9.88. The fourth-order valence-corrected chi connectivity index (χ4v) is 4.22. The van der Waals surface area contributed by atoms with Gasteiger partial charge in [0, 0.05) is 11.6 Å². The molecule has 2 amide bonds. The van der Waals surface area contributed by atoms with Gasteiger partial charge >= 0.3 is 6.03 Å². The number of aryl methyl sites for hydroxylation is 1. The van der Waals surface area contributed by atoms with E-state index in [1.165, 1.54) is 24.0 Å². The molecule has 2 aromatic rings. The Balaban J connectivity index is 1.44. The van der Waals surface area contributed by atoms with Gasteiger partial charge in [-0.1, -0.05) is 24.3 Å². The van der Waals surface area contributed by atoms with Crippen molar-refractivity contribution >= 4 is 17.4 Å². The number of fused-ring (bicyclic) bond motifs is 1. The van der Waals surface area contributed by atoms with Crippen molar-refractivity contribution in [1.82, 2.24) is 15.6 Å². The summed E-state index contributed by atoms with van der Waals surface area (Å²) >= 11 is 1.62. The number of hydrogen-bond acceptors (Lipinski definition) is 3. The quantitative estimate of drug-likeness (QED) is 0.893. The van der Waals surface area contributed by atoms with E-state index in [0.717, 1.165) is 24.3 Å². The van der Waals surface area contributed by atoms with Crippen LogP contribution in [0.3, 0.4) is 0 Å². The van der Waals surface area contributed by atoms with Gasteiger partial charge in [0.2, 0.25) is 0 Å². The van der Waals surface area contributed by atoms with Crippen LogP contribution in [-0.2, 0) is 6.42 Å². The minimum Gasteiger partial charge on any atom is -0.331 e. The minimum absolute atomic E-state index is 0.0637. The number of thiazole rings is 1. The maximum Gasteiger partial charge on any atom is 0.315 e. The minimum atomic E-state index is -0.0706. The van der Waals surface area contributed by atoms with Gasteiger partial charge in [-0.25, -0.2) is 9.78 Å². The van der Waals surface area contributed by atoms with Gasteiger partial charge in [-0.15, -0.1) is 11.3 Å². The zero-order chi connectivity index (χ0) is 15.6. The molecule has 0 unspecified atom stereocenters. The molecule has 1 heterocycles. The van der Waals surface area contributed by atoms with Crippen LogP contribution >= 0.6 is 11.3 Å². The Morgan fingerprint density at radius 1 is 1.26 bits per heavy atom. The standard InChI is InChI=1S/C18H21N3OS/c22-18(21-16(13-8-9-13)17-19-10-11-23-17)20-15-7-3-5-12-4-1-2-6-14(12)15/h1-2,4,6,10-11,13,15-16H,3,5,7-9H2,(H2,20,21,22)/t15-,16-/m0/s1. The SMILES string of the molecule is O=C(N[C@H]1CCCc2ccccc21)N[C@H](c1nccs1)C1CC1. The molecule has 2 atom stereocenters. The average molecular weight is 327 g/mol. The van der Waals surface area contributed by atoms with Crippen molar-refractivity contribution in [3.05, 3.63) is 52.0 Å². The maximum atomic E-state index is 12.5. The molecule has 1 saturated carbocycles. The van der Waals surface area contributed by atoms with Crippen LogP contribution < -0.4 is 10.6 Å². The van der Waals surface area contributed by atoms with E-state index >= 15 is 0 Å². The summed E-state index contributed by atoms with van der Waals surface area (Å²) in [5.74, 6) is 0.547. The molecule has 2 aliphatic rings. The second-order valence-corrected chi connectivity index (χ2v) is 7.37. The van der Waals surface area contributed by atoms with Crippen molar-refractivity contribution in [2.24, 2.45) is 5.92 Å². The average Bonchev–Trinajstić information content (AvgIpc) is 3.27. The molecule has 5 heteroatoms. The molecular formula is C18H21N3OS. The zero-order valence-corrected chi connectivity index (χ0v) is 13.8. The number of nitrogens with one attached hydrogen (secondary N) is 2. The van der Waals surface area contributed by atoms with Crippen LogP contribution in [0.5, 0.6) is 0 Å². The van der Waals surface area contributed by atoms with Crippen LogP contribution in [0.25, 0.3) is 0 Å². The molecule has 1 aromatic carbocycles. The Kier molecular flexibility index (Phi) is 4.04. The van der Waals surface area contributed by atoms with Gasteiger partial charge in [0.15, 0.2) is 0 Å². The lowest BCUT2D eigenvalue weighted by molar-refractivity contribution is 0.230. The Hall–Kier alpha value is -1.88. The number of amides is 2. The number of urea groups is 1. The molecule has 2 aliphatic carbocycles. The molecule has 4 rings (SSSR count). The summed E-state index contributed by atoms with van der Waals surface area (Å²) < 4.78 is 0. The first-order valence-corrected chi connectivity index (χ1v) is 9.23. The number of carbonyl (C=O) groups is 1. The molecule has 0 spiro atoms. The first kappa shape index (κ1) is 14.7. The third-order valence-corrected chi connectivity index (χ3v) is 5.63. The van der Waals surface area contributed by atoms with Crippen LogP contribution in [0.4, 0.5) is 4.79 Å². The second-order valence-electron chi connectivity index (χ2n) is 6.45. The van der Waals surface area contributed by atoms with Gasteiger partial charge in [-0.3, -0.25) is 0 Å². The molecule has 0 radical (unpaired) electrons. The topological polar surface area (TPSA) is 54.0 Å². The second kappa shape index (κ2) is 6.32. The van der Waals surface area contributed by atoms with E-state index in [4.69, 9.17) is 0 Å². The smallest absolute Gasteiger partial charge is 0.315 e. The van der Waals surface area contributed by atoms with E-state index < -0.39 is 0 Å². The predicted octanol–water partition coefficient (Wildman–Crippen LogP) is 3.97. The van der Waals surface area contributed by atoms with Crippen molar-refractivity contribution in [2.45, 2.75) is 44.2 Å². The fraction of sp³-hybridized carbons (Fsp3) is 0.444. The summed E-state index contributed by atoms with van der Waals surface area (Å²) in [6.45, 7) is 0. The first-order chi connectivity index (χ1) is 11.3. The molecule has 2 N–H and O–H groups in total. The van der Waals surface area contributed by atoms with E-state index in [0.29, 0.717) is 5.92 Å². The van der Waals surface area contributed by atoms with E-state index in [1.807, 2.05) is 11.6 Å². The summed E-state index contributed by atoms with van der Waals surface area (Å²) in [4.78, 5) is 16.9. The summed E-state index contributed by atoms with van der Waals surface area (Å²) in [6, 6.07) is 8.55. The van der Waals surface area contributed by atoms with Crippen molar-refractivity contribution in [3.63, 3.8) is 0 Å².